The van der Waals surface area contributed by atoms with Crippen molar-refractivity contribution in [3.63, 3.8) is 0 Å². The van der Waals surface area contributed by atoms with Crippen LogP contribution >= 0.6 is 9.24 Å². The van der Waals surface area contributed by atoms with Crippen LogP contribution < -0.4 is 5.44 Å². The van der Waals surface area contributed by atoms with E-state index in [2.05, 4.69) is 34.6 Å². The third kappa shape index (κ3) is 22.4. The summed E-state index contributed by atoms with van der Waals surface area (Å²) in [5.41, 5.74) is 0.877. The van der Waals surface area contributed by atoms with Crippen molar-refractivity contribution in [2.45, 2.75) is 0 Å². The molecule has 0 bridgehead atoms. The fraction of sp³-hybridized carbons (Fsp3) is 0. The van der Waals surface area contributed by atoms with Crippen LogP contribution in [0.25, 0.3) is 0 Å². The summed E-state index contributed by atoms with van der Waals surface area (Å²) in [6.45, 7) is 9.75. The molecule has 0 aliphatic rings. The molecule has 0 aliphatic heterocycles. The molecule has 0 aliphatic carbocycles. The summed E-state index contributed by atoms with van der Waals surface area (Å²) in [6.07, 6.45) is 1.74. The predicted molar refractivity (Wildman–Crippen MR) is 52.4 cm³/mol. The van der Waals surface area contributed by atoms with Crippen LogP contribution in [0.1, 0.15) is 0 Å². The molecule has 0 amide bonds. The second-order valence-corrected chi connectivity index (χ2v) is 1.73. The first-order chi connectivity index (χ1) is 6.39. The normalized spacial score (nSPS) is 5.00. The summed E-state index contributed by atoms with van der Waals surface area (Å²) in [4.78, 5) is 27.1. The summed E-state index contributed by atoms with van der Waals surface area (Å²) in [5, 5.41) is 0. The summed E-state index contributed by atoms with van der Waals surface area (Å²) in [5.74, 6) is 0. The second kappa shape index (κ2) is 29.8. The molecule has 0 saturated heterocycles. The smallest absolute Gasteiger partial charge is 0.256 e. The van der Waals surface area contributed by atoms with E-state index < -0.39 is 0 Å². The number of carbonyl (C=O) groups excluding carboxylic acids is 3. The zero-order valence-electron chi connectivity index (χ0n) is 7.03. The maximum atomic E-state index is 7.75. The van der Waals surface area contributed by atoms with Crippen molar-refractivity contribution >= 4 is 35.0 Å². The standard InChI is InChI=1S/C5H5NP.3CHO.Ni/c7-5-3-1-2-4-6-5;3*1-2;/h1-4,7H;3*1H;/q;3*+1;. The van der Waals surface area contributed by atoms with Crippen LogP contribution in [0.15, 0.2) is 24.4 Å². The van der Waals surface area contributed by atoms with Gasteiger partial charge in [-0.3, -0.25) is 4.98 Å². The van der Waals surface area contributed by atoms with Gasteiger partial charge in [-0.15, -0.1) is 0 Å². The number of hydrogen-bond donors (Lipinski definition) is 0. The molecule has 0 N–H and O–H groups in total. The SMILES string of the molecule is [CH+]=O.[CH+]=O.[CH+]=O.[Ni].[PH]c1ccccn1. The van der Waals surface area contributed by atoms with Crippen LogP contribution in [0.4, 0.5) is 0 Å². The van der Waals surface area contributed by atoms with E-state index in [1.54, 1.807) is 6.20 Å². The van der Waals surface area contributed by atoms with Crippen molar-refractivity contribution in [3.8, 4) is 0 Å². The van der Waals surface area contributed by atoms with Gasteiger partial charge in [0.05, 0.1) is 5.44 Å². The zero-order valence-corrected chi connectivity index (χ0v) is 9.02. The van der Waals surface area contributed by atoms with E-state index in [-0.39, 0.29) is 16.5 Å². The van der Waals surface area contributed by atoms with Crippen molar-refractivity contribution in [2.24, 2.45) is 0 Å². The summed E-state index contributed by atoms with van der Waals surface area (Å²) in [7, 11) is 3.25. The molecule has 6 heteroatoms. The van der Waals surface area contributed by atoms with E-state index in [0.717, 1.165) is 5.44 Å². The van der Waals surface area contributed by atoms with Crippen LogP contribution in [0.5, 0.6) is 0 Å². The Morgan fingerprint density at radius 1 is 1.00 bits per heavy atom. The van der Waals surface area contributed by atoms with Crippen molar-refractivity contribution in [1.29, 1.82) is 0 Å². The Morgan fingerprint density at radius 2 is 1.43 bits per heavy atom. The molecule has 1 rings (SSSR count). The Morgan fingerprint density at radius 3 is 1.57 bits per heavy atom. The molecular weight excluding hydrogens is 248 g/mol. The first-order valence-corrected chi connectivity index (χ1v) is 3.23. The van der Waals surface area contributed by atoms with Gasteiger partial charge in [-0.25, -0.2) is 0 Å². The van der Waals surface area contributed by atoms with Crippen molar-refractivity contribution in [2.75, 3.05) is 0 Å². The average Bonchev–Trinajstić information content (AvgIpc) is 2.28. The fourth-order valence-electron chi connectivity index (χ4n) is 0.363. The predicted octanol–water partition coefficient (Wildman–Crippen LogP) is 0.0249. The van der Waals surface area contributed by atoms with Gasteiger partial charge in [0.15, 0.2) is 0 Å². The summed E-state index contributed by atoms with van der Waals surface area (Å²) >= 11 is 0. The second-order valence-electron chi connectivity index (χ2n) is 1.21. The van der Waals surface area contributed by atoms with Crippen LogP contribution in [0.2, 0.25) is 0 Å². The van der Waals surface area contributed by atoms with E-state index in [4.69, 9.17) is 14.4 Å². The molecule has 0 aromatic carbocycles. The number of hydrogen-bond acceptors (Lipinski definition) is 4. The molecule has 1 radical (unpaired) electrons. The van der Waals surface area contributed by atoms with Crippen molar-refractivity contribution in [1.82, 2.24) is 4.98 Å². The first-order valence-electron chi connectivity index (χ1n) is 2.73. The van der Waals surface area contributed by atoms with Crippen molar-refractivity contribution < 1.29 is 30.9 Å². The van der Waals surface area contributed by atoms with Gasteiger partial charge >= 0.3 is 20.4 Å². The van der Waals surface area contributed by atoms with Gasteiger partial charge in [0, 0.05) is 37.1 Å². The van der Waals surface area contributed by atoms with Gasteiger partial charge in [-0.2, -0.15) is 0 Å². The Bertz CT molecular complexity index is 184. The number of aromatic nitrogens is 1. The Labute approximate surface area is 95.6 Å². The van der Waals surface area contributed by atoms with Gasteiger partial charge in [-0.1, -0.05) is 6.07 Å². The minimum atomic E-state index is 0. The summed E-state index contributed by atoms with van der Waals surface area (Å²) in [6, 6.07) is 5.69. The van der Waals surface area contributed by atoms with Crippen LogP contribution in [0, 0.1) is 0 Å². The molecule has 1 aromatic heterocycles. The average molecular weight is 256 g/mol. The van der Waals surface area contributed by atoms with Gasteiger partial charge in [0.25, 0.3) is 0 Å². The molecule has 4 nitrogen and oxygen atoms in total. The molecule has 0 fully saturated rings. The monoisotopic (exact) mass is 255 g/mol. The number of nitrogens with zero attached hydrogens (tertiary/aromatic N) is 1. The Balaban J connectivity index is -0.0000000625. The zero-order chi connectivity index (χ0) is 11.1. The Kier molecular flexibility index (Phi) is 48.9. The van der Waals surface area contributed by atoms with Gasteiger partial charge < -0.3 is 0 Å². The van der Waals surface area contributed by atoms with E-state index in [9.17, 15) is 0 Å². The largest absolute Gasteiger partial charge is 0.490 e. The molecule has 0 spiro atoms. The first kappa shape index (κ1) is 23.0. The van der Waals surface area contributed by atoms with Gasteiger partial charge in [0.2, 0.25) is 0 Å². The maximum Gasteiger partial charge on any atom is 0.490 e. The van der Waals surface area contributed by atoms with E-state index in [1.807, 2.05) is 18.2 Å². The third-order valence-electron chi connectivity index (χ3n) is 0.665. The van der Waals surface area contributed by atoms with Gasteiger partial charge in [0.1, 0.15) is 0 Å². The maximum absolute atomic E-state index is 7.75. The molecule has 0 atom stereocenters. The van der Waals surface area contributed by atoms with E-state index in [1.165, 1.54) is 0 Å². The molecule has 75 valence electrons. The Hall–Kier alpha value is -1.19. The molecular formula is C8H8NNiO3P+3. The van der Waals surface area contributed by atoms with Crippen molar-refractivity contribution in [3.05, 3.63) is 24.4 Å². The van der Waals surface area contributed by atoms with E-state index >= 15 is 0 Å². The molecule has 14 heavy (non-hydrogen) atoms. The minimum Gasteiger partial charge on any atom is -0.256 e. The van der Waals surface area contributed by atoms with Crippen LogP contribution in [0.3, 0.4) is 0 Å². The van der Waals surface area contributed by atoms with E-state index in [0.29, 0.717) is 0 Å². The topological polar surface area (TPSA) is 64.1 Å². The number of pyridine rings is 1. The molecule has 1 aromatic rings. The summed E-state index contributed by atoms with van der Waals surface area (Å²) < 4.78 is 0. The molecule has 0 unspecified atom stereocenters. The molecule has 1 heterocycles. The van der Waals surface area contributed by atoms with Crippen LogP contribution in [-0.4, -0.2) is 25.4 Å². The number of rotatable bonds is 0. The molecule has 0 saturated carbocycles. The quantitative estimate of drug-likeness (QED) is 0.284. The minimum absolute atomic E-state index is 0. The van der Waals surface area contributed by atoms with Crippen LogP contribution in [-0.2, 0) is 30.9 Å². The van der Waals surface area contributed by atoms with Gasteiger partial charge in [-0.05, 0) is 21.4 Å². The fourth-order valence-corrected chi connectivity index (χ4v) is 0.534. The third-order valence-corrected chi connectivity index (χ3v) is 0.961.